The molecule has 0 spiro atoms. The van der Waals surface area contributed by atoms with E-state index in [1.807, 2.05) is 36.4 Å². The summed E-state index contributed by atoms with van der Waals surface area (Å²) in [6.07, 6.45) is 0. The van der Waals surface area contributed by atoms with Crippen LogP contribution in [0.5, 0.6) is 17.5 Å². The lowest BCUT2D eigenvalue weighted by Gasteiger charge is -2.19. The molecule has 1 N–H and O–H groups in total. The van der Waals surface area contributed by atoms with Gasteiger partial charge in [-0.05, 0) is 38.5 Å². The Morgan fingerprint density at radius 1 is 1.07 bits per heavy atom. The molecule has 0 aliphatic carbocycles. The van der Waals surface area contributed by atoms with E-state index >= 15 is 0 Å². The van der Waals surface area contributed by atoms with Gasteiger partial charge in [0, 0.05) is 19.2 Å². The van der Waals surface area contributed by atoms with E-state index in [2.05, 4.69) is 15.3 Å². The first-order valence-electron chi connectivity index (χ1n) is 12.4. The Bertz CT molecular complexity index is 1400. The van der Waals surface area contributed by atoms with Crippen molar-refractivity contribution in [2.24, 2.45) is 0 Å². The van der Waals surface area contributed by atoms with Crippen molar-refractivity contribution in [1.29, 1.82) is 5.26 Å². The molecule has 3 rings (SSSR count). The number of nitro groups is 1. The topological polar surface area (TPSA) is 170 Å². The average Bonchev–Trinajstić information content (AvgIpc) is 2.96. The molecule has 40 heavy (non-hydrogen) atoms. The molecule has 13 nitrogen and oxygen atoms in total. The fraction of sp³-hybridized carbons (Fsp3) is 0.296. The summed E-state index contributed by atoms with van der Waals surface area (Å²) in [6.45, 7) is 5.41. The van der Waals surface area contributed by atoms with Gasteiger partial charge in [0.05, 0.1) is 23.2 Å². The van der Waals surface area contributed by atoms with Gasteiger partial charge in [0.15, 0.2) is 11.5 Å². The molecule has 0 saturated carbocycles. The predicted molar refractivity (Wildman–Crippen MR) is 143 cm³/mol. The monoisotopic (exact) mass is 548 g/mol. The molecule has 0 atom stereocenters. The van der Waals surface area contributed by atoms with E-state index in [1.165, 1.54) is 23.1 Å². The molecule has 208 valence electrons. The average molecular weight is 549 g/mol. The summed E-state index contributed by atoms with van der Waals surface area (Å²) in [5.74, 6) is -1.55. The molecule has 1 amide bonds. The minimum absolute atomic E-state index is 0.0430. The molecule has 0 aliphatic heterocycles. The Hall–Kier alpha value is -5.25. The molecular weight excluding hydrogens is 520 g/mol. The maximum atomic E-state index is 13.2. The third-order valence-electron chi connectivity index (χ3n) is 5.52. The van der Waals surface area contributed by atoms with Crippen LogP contribution < -0.4 is 14.8 Å². The van der Waals surface area contributed by atoms with Crippen LogP contribution in [-0.2, 0) is 16.1 Å². The summed E-state index contributed by atoms with van der Waals surface area (Å²) in [6, 6.07) is 15.4. The zero-order valence-electron chi connectivity index (χ0n) is 22.2. The van der Waals surface area contributed by atoms with Gasteiger partial charge in [-0.3, -0.25) is 19.7 Å². The molecule has 0 bridgehead atoms. The molecule has 0 fully saturated rings. The number of nitrogens with zero attached hydrogens (tertiary/aromatic N) is 5. The third-order valence-corrected chi connectivity index (χ3v) is 5.52. The fourth-order valence-corrected chi connectivity index (χ4v) is 3.56. The van der Waals surface area contributed by atoms with E-state index < -0.39 is 46.6 Å². The summed E-state index contributed by atoms with van der Waals surface area (Å²) in [7, 11) is 0. The second kappa shape index (κ2) is 14.1. The van der Waals surface area contributed by atoms with E-state index in [1.54, 1.807) is 20.8 Å². The Kier molecular flexibility index (Phi) is 10.3. The van der Waals surface area contributed by atoms with Crippen LogP contribution in [-0.4, -0.2) is 57.9 Å². The van der Waals surface area contributed by atoms with Crippen molar-refractivity contribution in [2.75, 3.05) is 31.6 Å². The van der Waals surface area contributed by atoms with Gasteiger partial charge in [-0.25, -0.2) is 0 Å². The van der Waals surface area contributed by atoms with Crippen molar-refractivity contribution in [3.63, 3.8) is 0 Å². The minimum Gasteiger partial charge on any atom is -0.485 e. The normalized spacial score (nSPS) is 10.2. The molecule has 1 heterocycles. The number of benzene rings is 2. The van der Waals surface area contributed by atoms with Gasteiger partial charge >= 0.3 is 17.7 Å². The summed E-state index contributed by atoms with van der Waals surface area (Å²) < 4.78 is 16.6. The quantitative estimate of drug-likeness (QED) is 0.185. The number of aromatic nitrogens is 2. The van der Waals surface area contributed by atoms with Gasteiger partial charge in [-0.15, -0.1) is 0 Å². The smallest absolute Gasteiger partial charge is 0.342 e. The molecule has 3 aromatic rings. The third kappa shape index (κ3) is 7.41. The van der Waals surface area contributed by atoms with Crippen LogP contribution in [0.25, 0.3) is 0 Å². The molecule has 0 aliphatic rings. The van der Waals surface area contributed by atoms with Crippen molar-refractivity contribution in [3.05, 3.63) is 75.5 Å². The number of amides is 1. The van der Waals surface area contributed by atoms with E-state index in [9.17, 15) is 25.0 Å². The first kappa shape index (κ1) is 29.3. The highest BCUT2D eigenvalue weighted by Crippen LogP contribution is 2.35. The number of anilines is 1. The number of nitriles is 1. The molecular formula is C27H28N6O7. The fourth-order valence-electron chi connectivity index (χ4n) is 3.56. The van der Waals surface area contributed by atoms with Gasteiger partial charge in [0.2, 0.25) is 11.5 Å². The van der Waals surface area contributed by atoms with Crippen molar-refractivity contribution >= 4 is 23.4 Å². The van der Waals surface area contributed by atoms with Crippen LogP contribution in [0.1, 0.15) is 42.4 Å². The Labute approximate surface area is 230 Å². The van der Waals surface area contributed by atoms with E-state index in [0.29, 0.717) is 0 Å². The van der Waals surface area contributed by atoms with Gasteiger partial charge < -0.3 is 24.4 Å². The molecule has 2 aromatic carbocycles. The number of carbonyl (C=O) groups excluding carboxylic acids is 2. The van der Waals surface area contributed by atoms with Gasteiger partial charge in [0.1, 0.15) is 13.2 Å². The first-order valence-corrected chi connectivity index (χ1v) is 12.4. The number of rotatable bonds is 13. The Morgan fingerprint density at radius 2 is 1.80 bits per heavy atom. The van der Waals surface area contributed by atoms with Crippen LogP contribution in [0.3, 0.4) is 0 Å². The van der Waals surface area contributed by atoms with Crippen molar-refractivity contribution in [1.82, 2.24) is 14.9 Å². The predicted octanol–water partition coefficient (Wildman–Crippen LogP) is 4.08. The van der Waals surface area contributed by atoms with Crippen LogP contribution >= 0.6 is 0 Å². The maximum Gasteiger partial charge on any atom is 0.342 e. The molecule has 0 radical (unpaired) electrons. The lowest BCUT2D eigenvalue weighted by atomic mass is 10.2. The molecule has 0 unspecified atom stereocenters. The summed E-state index contributed by atoms with van der Waals surface area (Å²) in [5.41, 5.74) is -0.140. The highest BCUT2D eigenvalue weighted by Gasteiger charge is 2.32. The van der Waals surface area contributed by atoms with Gasteiger partial charge in [-0.2, -0.15) is 15.2 Å². The number of hydrogen-bond donors (Lipinski definition) is 1. The second-order valence-corrected chi connectivity index (χ2v) is 8.09. The second-order valence-electron chi connectivity index (χ2n) is 8.09. The van der Waals surface area contributed by atoms with E-state index in [0.717, 1.165) is 5.56 Å². The SMILES string of the molecule is CCOC(=O)CNc1nc(Oc2cc(C#N)ccc2OCc2ccccc2)nc(C(=O)N(CC)CC)c1[N+](=O)[O-]. The Balaban J connectivity index is 2.07. The van der Waals surface area contributed by atoms with Crippen molar-refractivity contribution in [2.45, 2.75) is 27.4 Å². The van der Waals surface area contributed by atoms with E-state index in [-0.39, 0.29) is 43.4 Å². The van der Waals surface area contributed by atoms with Crippen molar-refractivity contribution < 1.29 is 28.7 Å². The summed E-state index contributed by atoms with van der Waals surface area (Å²) >= 11 is 0. The number of ether oxygens (including phenoxy) is 3. The standard InChI is InChI=1S/C27H28N6O7/c1-4-32(5-2)26(35)23-24(33(36)37)25(29-16-22(34)38-6-3)31-27(30-23)40-21-14-19(15-28)12-13-20(21)39-17-18-10-8-7-9-11-18/h7-14H,4-6,16-17H2,1-3H3,(H,29,30,31). The number of hydrogen-bond acceptors (Lipinski definition) is 11. The number of nitrogens with one attached hydrogen (secondary N) is 1. The number of esters is 1. The van der Waals surface area contributed by atoms with Crippen LogP contribution in [0.4, 0.5) is 11.5 Å². The zero-order valence-corrected chi connectivity index (χ0v) is 22.2. The molecule has 1 aromatic heterocycles. The summed E-state index contributed by atoms with van der Waals surface area (Å²) in [5, 5.41) is 24.0. The van der Waals surface area contributed by atoms with Gasteiger partial charge in [0.25, 0.3) is 5.91 Å². The van der Waals surface area contributed by atoms with Crippen LogP contribution in [0.15, 0.2) is 48.5 Å². The highest BCUT2D eigenvalue weighted by atomic mass is 16.6. The van der Waals surface area contributed by atoms with Gasteiger partial charge in [-0.1, -0.05) is 30.3 Å². The minimum atomic E-state index is -0.807. The van der Waals surface area contributed by atoms with E-state index in [4.69, 9.17) is 14.2 Å². The Morgan fingerprint density at radius 3 is 2.42 bits per heavy atom. The zero-order chi connectivity index (χ0) is 29.1. The molecule has 0 saturated heterocycles. The summed E-state index contributed by atoms with van der Waals surface area (Å²) in [4.78, 5) is 45.9. The van der Waals surface area contributed by atoms with Crippen LogP contribution in [0.2, 0.25) is 0 Å². The first-order chi connectivity index (χ1) is 19.3. The number of carbonyl (C=O) groups is 2. The van der Waals surface area contributed by atoms with Crippen LogP contribution in [0, 0.1) is 21.4 Å². The van der Waals surface area contributed by atoms with Crippen molar-refractivity contribution in [3.8, 4) is 23.6 Å². The molecule has 13 heteroatoms. The highest BCUT2D eigenvalue weighted by molar-refractivity contribution is 5.98. The maximum absolute atomic E-state index is 13.2. The lowest BCUT2D eigenvalue weighted by Crippen LogP contribution is -2.32. The lowest BCUT2D eigenvalue weighted by molar-refractivity contribution is -0.384. The largest absolute Gasteiger partial charge is 0.485 e.